The Hall–Kier alpha value is -2.67. The molecule has 7 heteroatoms. The van der Waals surface area contributed by atoms with E-state index in [9.17, 15) is 9.59 Å². The van der Waals surface area contributed by atoms with Gasteiger partial charge in [-0.3, -0.25) is 14.2 Å². The van der Waals surface area contributed by atoms with Crippen molar-refractivity contribution >= 4 is 28.7 Å². The molecule has 6 nitrogen and oxygen atoms in total. The van der Waals surface area contributed by atoms with Gasteiger partial charge in [0.25, 0.3) is 5.56 Å². The molecule has 2 aromatic heterocycles. The van der Waals surface area contributed by atoms with Crippen molar-refractivity contribution in [3.05, 3.63) is 64.1 Å². The van der Waals surface area contributed by atoms with Crippen LogP contribution in [0.3, 0.4) is 0 Å². The van der Waals surface area contributed by atoms with Crippen LogP contribution in [0.1, 0.15) is 43.9 Å². The molecule has 3 aromatic rings. The first-order chi connectivity index (χ1) is 14.5. The fraction of sp³-hybridized carbons (Fsp3) is 0.391. The summed E-state index contributed by atoms with van der Waals surface area (Å²) in [5.74, 6) is 0.445. The van der Waals surface area contributed by atoms with Crippen LogP contribution in [0.25, 0.3) is 11.0 Å². The minimum Gasteiger partial charge on any atom is -0.349 e. The summed E-state index contributed by atoms with van der Waals surface area (Å²) in [6.45, 7) is 4.67. The molecule has 0 saturated heterocycles. The van der Waals surface area contributed by atoms with E-state index < -0.39 is 0 Å². The van der Waals surface area contributed by atoms with Crippen LogP contribution in [0.4, 0.5) is 0 Å². The zero-order chi connectivity index (χ0) is 21.1. The Balaban J connectivity index is 1.52. The van der Waals surface area contributed by atoms with Crippen LogP contribution in [-0.4, -0.2) is 26.2 Å². The SMILES string of the molecule is CC(C)Cn1c(SCC(=O)N[C@H]2CCCc3ccccc32)nc2ncccc2c1=O. The van der Waals surface area contributed by atoms with E-state index in [1.165, 1.54) is 22.9 Å². The molecule has 1 aliphatic carbocycles. The molecule has 30 heavy (non-hydrogen) atoms. The molecule has 1 amide bonds. The summed E-state index contributed by atoms with van der Waals surface area (Å²) in [4.78, 5) is 34.5. The number of pyridine rings is 1. The molecule has 0 bridgehead atoms. The monoisotopic (exact) mass is 422 g/mol. The fourth-order valence-electron chi connectivity index (χ4n) is 3.94. The second kappa shape index (κ2) is 9.00. The van der Waals surface area contributed by atoms with Gasteiger partial charge in [0.05, 0.1) is 17.2 Å². The lowest BCUT2D eigenvalue weighted by atomic mass is 9.88. The highest BCUT2D eigenvalue weighted by Gasteiger charge is 2.22. The average Bonchev–Trinajstić information content (AvgIpc) is 2.74. The summed E-state index contributed by atoms with van der Waals surface area (Å²) in [5, 5.41) is 4.21. The second-order valence-corrected chi connectivity index (χ2v) is 9.02. The predicted octanol–water partition coefficient (Wildman–Crippen LogP) is 3.73. The van der Waals surface area contributed by atoms with Crippen LogP contribution in [0, 0.1) is 5.92 Å². The molecule has 1 N–H and O–H groups in total. The van der Waals surface area contributed by atoms with Crippen molar-refractivity contribution in [2.24, 2.45) is 5.92 Å². The summed E-state index contributed by atoms with van der Waals surface area (Å²) >= 11 is 1.30. The number of amides is 1. The van der Waals surface area contributed by atoms with Crippen molar-refractivity contribution < 1.29 is 4.79 Å². The lowest BCUT2D eigenvalue weighted by Gasteiger charge is -2.26. The van der Waals surface area contributed by atoms with Crippen molar-refractivity contribution in [3.8, 4) is 0 Å². The Bertz CT molecular complexity index is 1130. The Labute approximate surface area is 180 Å². The van der Waals surface area contributed by atoms with Crippen molar-refractivity contribution in [1.82, 2.24) is 19.9 Å². The van der Waals surface area contributed by atoms with E-state index in [1.807, 2.05) is 12.1 Å². The van der Waals surface area contributed by atoms with Gasteiger partial charge in [0, 0.05) is 12.7 Å². The third-order valence-electron chi connectivity index (χ3n) is 5.28. The Morgan fingerprint density at radius 3 is 2.93 bits per heavy atom. The highest BCUT2D eigenvalue weighted by Crippen LogP contribution is 2.29. The molecular weight excluding hydrogens is 396 g/mol. The fourth-order valence-corrected chi connectivity index (χ4v) is 4.75. The van der Waals surface area contributed by atoms with E-state index in [1.54, 1.807) is 22.9 Å². The molecule has 0 fully saturated rings. The van der Waals surface area contributed by atoms with E-state index >= 15 is 0 Å². The van der Waals surface area contributed by atoms with E-state index in [-0.39, 0.29) is 29.2 Å². The van der Waals surface area contributed by atoms with Gasteiger partial charge < -0.3 is 5.32 Å². The second-order valence-electron chi connectivity index (χ2n) is 8.08. The summed E-state index contributed by atoms with van der Waals surface area (Å²) in [6, 6.07) is 11.8. The van der Waals surface area contributed by atoms with Gasteiger partial charge in [0.1, 0.15) is 0 Å². The number of hydrogen-bond donors (Lipinski definition) is 1. The standard InChI is InChI=1S/C23H26N4O2S/c1-15(2)13-27-22(29)18-10-6-12-24-21(18)26-23(27)30-14-20(28)25-19-11-5-8-16-7-3-4-9-17(16)19/h3-4,6-7,9-10,12,15,19H,5,8,11,13-14H2,1-2H3,(H,25,28)/t19-/m0/s1. The minimum absolute atomic E-state index is 0.0480. The van der Waals surface area contributed by atoms with E-state index in [0.29, 0.717) is 22.7 Å². The smallest absolute Gasteiger partial charge is 0.263 e. The van der Waals surface area contributed by atoms with Gasteiger partial charge in [0.15, 0.2) is 10.8 Å². The van der Waals surface area contributed by atoms with Crippen LogP contribution < -0.4 is 10.9 Å². The van der Waals surface area contributed by atoms with Crippen LogP contribution in [0.2, 0.25) is 0 Å². The zero-order valence-electron chi connectivity index (χ0n) is 17.3. The number of carbonyl (C=O) groups is 1. The maximum Gasteiger partial charge on any atom is 0.263 e. The van der Waals surface area contributed by atoms with Crippen LogP contribution in [-0.2, 0) is 17.8 Å². The van der Waals surface area contributed by atoms with Gasteiger partial charge >= 0.3 is 0 Å². The van der Waals surface area contributed by atoms with E-state index in [0.717, 1.165) is 19.3 Å². The Morgan fingerprint density at radius 1 is 1.27 bits per heavy atom. The quantitative estimate of drug-likeness (QED) is 0.484. The van der Waals surface area contributed by atoms with Crippen molar-refractivity contribution in [3.63, 3.8) is 0 Å². The van der Waals surface area contributed by atoms with Gasteiger partial charge in [-0.1, -0.05) is 49.9 Å². The van der Waals surface area contributed by atoms with Gasteiger partial charge in [-0.15, -0.1) is 0 Å². The zero-order valence-corrected chi connectivity index (χ0v) is 18.1. The predicted molar refractivity (Wildman–Crippen MR) is 120 cm³/mol. The average molecular weight is 423 g/mol. The largest absolute Gasteiger partial charge is 0.349 e. The Kier molecular flexibility index (Phi) is 6.18. The highest BCUT2D eigenvalue weighted by molar-refractivity contribution is 7.99. The number of benzene rings is 1. The summed E-state index contributed by atoms with van der Waals surface area (Å²) in [6.07, 6.45) is 4.71. The number of thioether (sulfide) groups is 1. The maximum atomic E-state index is 13.0. The third-order valence-corrected chi connectivity index (χ3v) is 6.26. The topological polar surface area (TPSA) is 76.9 Å². The number of aryl methyl sites for hydroxylation is 1. The first kappa shape index (κ1) is 20.6. The number of carbonyl (C=O) groups excluding carboxylic acids is 1. The van der Waals surface area contributed by atoms with Gasteiger partial charge in [0.2, 0.25) is 5.91 Å². The molecule has 0 spiro atoms. The number of nitrogens with one attached hydrogen (secondary N) is 1. The van der Waals surface area contributed by atoms with E-state index in [2.05, 4.69) is 41.3 Å². The molecule has 0 radical (unpaired) electrons. The minimum atomic E-state index is -0.106. The van der Waals surface area contributed by atoms with Crippen molar-refractivity contribution in [1.29, 1.82) is 0 Å². The van der Waals surface area contributed by atoms with Crippen molar-refractivity contribution in [2.75, 3.05) is 5.75 Å². The van der Waals surface area contributed by atoms with Gasteiger partial charge in [-0.05, 0) is 48.4 Å². The molecule has 1 aliphatic rings. The van der Waals surface area contributed by atoms with Crippen molar-refractivity contribution in [2.45, 2.75) is 50.9 Å². The summed E-state index contributed by atoms with van der Waals surface area (Å²) in [5.41, 5.74) is 2.85. The molecule has 0 aliphatic heterocycles. The summed E-state index contributed by atoms with van der Waals surface area (Å²) < 4.78 is 1.67. The molecule has 0 unspecified atom stereocenters. The first-order valence-electron chi connectivity index (χ1n) is 10.4. The molecule has 156 valence electrons. The molecule has 1 aromatic carbocycles. The van der Waals surface area contributed by atoms with E-state index in [4.69, 9.17) is 0 Å². The van der Waals surface area contributed by atoms with Crippen LogP contribution in [0.15, 0.2) is 52.5 Å². The normalized spacial score (nSPS) is 15.9. The number of hydrogen-bond acceptors (Lipinski definition) is 5. The number of rotatable bonds is 6. The van der Waals surface area contributed by atoms with Gasteiger partial charge in [-0.2, -0.15) is 0 Å². The molecule has 1 atom stereocenters. The number of aromatic nitrogens is 3. The lowest BCUT2D eigenvalue weighted by molar-refractivity contribution is -0.119. The molecule has 2 heterocycles. The van der Waals surface area contributed by atoms with Gasteiger partial charge in [-0.25, -0.2) is 9.97 Å². The maximum absolute atomic E-state index is 13.0. The molecular formula is C23H26N4O2S. The summed E-state index contributed by atoms with van der Waals surface area (Å²) in [7, 11) is 0. The Morgan fingerprint density at radius 2 is 2.10 bits per heavy atom. The lowest BCUT2D eigenvalue weighted by Crippen LogP contribution is -2.32. The molecule has 0 saturated carbocycles. The third kappa shape index (κ3) is 4.41. The molecule has 4 rings (SSSR count). The van der Waals surface area contributed by atoms with Crippen LogP contribution >= 0.6 is 11.8 Å². The highest BCUT2D eigenvalue weighted by atomic mass is 32.2. The first-order valence-corrected chi connectivity index (χ1v) is 11.4. The number of fused-ring (bicyclic) bond motifs is 2. The van der Waals surface area contributed by atoms with Crippen LogP contribution in [0.5, 0.6) is 0 Å². The number of nitrogens with zero attached hydrogens (tertiary/aromatic N) is 3.